The summed E-state index contributed by atoms with van der Waals surface area (Å²) in [5.41, 5.74) is -3.50. The van der Waals surface area contributed by atoms with Gasteiger partial charge < -0.3 is 78.7 Å². The maximum atomic E-state index is 14.9. The molecular weight excluding hydrogens is 1090 g/mol. The number of rotatable bonds is 19. The van der Waals surface area contributed by atoms with Crippen LogP contribution in [-0.2, 0) is 61.7 Å². The number of carbonyl (C=O) groups excluding carboxylic acids is 8. The highest BCUT2D eigenvalue weighted by Crippen LogP contribution is 2.36. The van der Waals surface area contributed by atoms with Crippen molar-refractivity contribution in [1.29, 1.82) is 0 Å². The average Bonchev–Trinajstić information content (AvgIpc) is 3.34. The molecule has 2 fully saturated rings. The lowest BCUT2D eigenvalue weighted by Gasteiger charge is -2.50. The molecule has 3 aliphatic rings. The number of nitrogens with one attached hydrogen (secondary N) is 5. The van der Waals surface area contributed by atoms with Crippen molar-refractivity contribution in [2.45, 2.75) is 238 Å². The first kappa shape index (κ1) is 67.8. The van der Waals surface area contributed by atoms with E-state index in [1.165, 1.54) is 24.3 Å². The Balaban J connectivity index is 1.71. The Morgan fingerprint density at radius 3 is 1.51 bits per heavy atom. The molecule has 1 aliphatic carbocycles. The van der Waals surface area contributed by atoms with Gasteiger partial charge in [0.05, 0.1) is 48.0 Å². The number of ether oxygens (including phenoxy) is 11. The third-order valence-electron chi connectivity index (χ3n) is 12.5. The van der Waals surface area contributed by atoms with Crippen LogP contribution in [0.3, 0.4) is 0 Å². The molecule has 0 spiro atoms. The summed E-state index contributed by atoms with van der Waals surface area (Å²) in [4.78, 5) is 111. The zero-order valence-electron chi connectivity index (χ0n) is 50.9. The van der Waals surface area contributed by atoms with Gasteiger partial charge in [0.15, 0.2) is 30.9 Å². The predicted molar refractivity (Wildman–Crippen MR) is 303 cm³/mol. The standard InChI is InChI=1S/C60H87N5O19/c1-16-24-43(77-49(68)35-25-20-18-21-26-35)48(67)62-41-32-42(65-56(73)84-60(13,14)15)45(79-51-39(63-54(71)82-58(7,8)9)30-29-38(76-51)33-61-53(70)81-57(4,5)6)47(74-34(3)66)44(41)80-52-46(78-50(69)36-27-22-19-23-28-36)40(31-37(17-2)75-52)64-55(72)83-59(10,11)12/h18-23,25-30,37-47,51-52H,16-17,24,31-33H2,1-15H3,(H,61,70)(H,62,67)(H,63,71)(H,64,72)(H,65,73)/t37?,38?,39?,40-,41+,42-,43-,44-,45?,46?,47?,51+,52+/m0/s1. The second-order valence-electron chi connectivity index (χ2n) is 24.7. The molecule has 0 aromatic heterocycles. The van der Waals surface area contributed by atoms with E-state index in [0.29, 0.717) is 12.8 Å². The minimum atomic E-state index is -1.73. The summed E-state index contributed by atoms with van der Waals surface area (Å²) in [6, 6.07) is 11.2. The van der Waals surface area contributed by atoms with Crippen LogP contribution in [0.5, 0.6) is 0 Å². The van der Waals surface area contributed by atoms with E-state index in [4.69, 9.17) is 52.1 Å². The Morgan fingerprint density at radius 1 is 0.536 bits per heavy atom. The Bertz CT molecular complexity index is 2580. The average molecular weight is 1180 g/mol. The highest BCUT2D eigenvalue weighted by Gasteiger charge is 2.55. The van der Waals surface area contributed by atoms with E-state index in [1.807, 2.05) is 6.92 Å². The van der Waals surface area contributed by atoms with E-state index in [0.717, 1.165) is 6.92 Å². The SMILES string of the molecule is CCC[C@H](OC(=O)c1ccccc1)C(=O)N[C@@H]1C[C@H](NC(=O)OC(C)(C)C)C(O[C@H]2OC(CNC(=O)OC(C)(C)C)C=CC2NC(=O)OC(C)(C)C)C(OC(C)=O)[C@H]1O[C@H]1OC(CC)C[C@H](NC(=O)OC(C)(C)C)C1OC(=O)c1ccccc1. The minimum Gasteiger partial charge on any atom is -0.457 e. The fraction of sp³-hybridized carbons (Fsp3) is 0.633. The largest absolute Gasteiger partial charge is 0.457 e. The molecule has 1 saturated heterocycles. The van der Waals surface area contributed by atoms with Crippen LogP contribution in [-0.4, -0.2) is 157 Å². The van der Waals surface area contributed by atoms with Crippen LogP contribution < -0.4 is 26.6 Å². The van der Waals surface area contributed by atoms with Gasteiger partial charge in [-0.1, -0.05) is 68.8 Å². The summed E-state index contributed by atoms with van der Waals surface area (Å²) in [6.07, 6.45) is -12.6. The summed E-state index contributed by atoms with van der Waals surface area (Å²) in [5.74, 6) is -3.35. The summed E-state index contributed by atoms with van der Waals surface area (Å²) in [7, 11) is 0. The number of carbonyl (C=O) groups is 8. The molecular formula is C60H87N5O19. The van der Waals surface area contributed by atoms with Crippen LogP contribution in [0, 0.1) is 0 Å². The minimum absolute atomic E-state index is 0.0450. The van der Waals surface area contributed by atoms with Gasteiger partial charge in [-0.05, 0) is 133 Å². The maximum Gasteiger partial charge on any atom is 0.408 e. The molecule has 6 unspecified atom stereocenters. The monoisotopic (exact) mass is 1180 g/mol. The lowest BCUT2D eigenvalue weighted by molar-refractivity contribution is -0.299. The first-order chi connectivity index (χ1) is 39.2. The highest BCUT2D eigenvalue weighted by atomic mass is 16.7. The molecule has 84 heavy (non-hydrogen) atoms. The third-order valence-corrected chi connectivity index (χ3v) is 12.5. The Hall–Kier alpha value is -7.02. The fourth-order valence-corrected chi connectivity index (χ4v) is 9.19. The van der Waals surface area contributed by atoms with Gasteiger partial charge in [0.25, 0.3) is 5.91 Å². The van der Waals surface area contributed by atoms with Crippen molar-refractivity contribution in [2.75, 3.05) is 6.54 Å². The number of hydrogen-bond acceptors (Lipinski definition) is 19. The van der Waals surface area contributed by atoms with Crippen LogP contribution in [0.2, 0.25) is 0 Å². The van der Waals surface area contributed by atoms with Crippen LogP contribution in [0.4, 0.5) is 19.2 Å². The van der Waals surface area contributed by atoms with E-state index < -0.39 is 150 Å². The van der Waals surface area contributed by atoms with Crippen LogP contribution in [0.15, 0.2) is 72.8 Å². The van der Waals surface area contributed by atoms with E-state index in [9.17, 15) is 38.4 Å². The van der Waals surface area contributed by atoms with Gasteiger partial charge in [-0.25, -0.2) is 28.8 Å². The number of esters is 3. The summed E-state index contributed by atoms with van der Waals surface area (Å²) < 4.78 is 68.0. The summed E-state index contributed by atoms with van der Waals surface area (Å²) >= 11 is 0. The summed E-state index contributed by atoms with van der Waals surface area (Å²) in [5, 5.41) is 14.1. The molecule has 24 nitrogen and oxygen atoms in total. The van der Waals surface area contributed by atoms with Gasteiger partial charge in [-0.3, -0.25) is 9.59 Å². The Labute approximate surface area is 492 Å². The molecule has 2 heterocycles. The van der Waals surface area contributed by atoms with Gasteiger partial charge in [0.1, 0.15) is 40.7 Å². The second kappa shape index (κ2) is 29.7. The van der Waals surface area contributed by atoms with Gasteiger partial charge in [-0.15, -0.1) is 0 Å². The number of benzene rings is 2. The normalized spacial score (nSPS) is 25.7. The predicted octanol–water partition coefficient (Wildman–Crippen LogP) is 7.84. The van der Waals surface area contributed by atoms with E-state index in [-0.39, 0.29) is 36.9 Å². The Kier molecular flexibility index (Phi) is 23.9. The summed E-state index contributed by atoms with van der Waals surface area (Å²) in [6.45, 7) is 24.6. The third kappa shape index (κ3) is 22.2. The van der Waals surface area contributed by atoms with Gasteiger partial charge >= 0.3 is 42.3 Å². The zero-order chi connectivity index (χ0) is 62.3. The van der Waals surface area contributed by atoms with E-state index in [1.54, 1.807) is 139 Å². The van der Waals surface area contributed by atoms with Crippen molar-refractivity contribution in [3.63, 3.8) is 0 Å². The molecule has 466 valence electrons. The van der Waals surface area contributed by atoms with Crippen molar-refractivity contribution in [3.05, 3.63) is 83.9 Å². The first-order valence-corrected chi connectivity index (χ1v) is 28.4. The molecule has 2 aliphatic heterocycles. The van der Waals surface area contributed by atoms with Gasteiger partial charge in [-0.2, -0.15) is 0 Å². The molecule has 5 rings (SSSR count). The van der Waals surface area contributed by atoms with Crippen molar-refractivity contribution >= 4 is 48.2 Å². The van der Waals surface area contributed by atoms with Gasteiger partial charge in [0, 0.05) is 6.92 Å². The topological polar surface area (TPSA) is 298 Å². The van der Waals surface area contributed by atoms with Crippen LogP contribution in [0.25, 0.3) is 0 Å². The molecule has 2 aromatic rings. The van der Waals surface area contributed by atoms with Gasteiger partial charge in [0.2, 0.25) is 0 Å². The fourth-order valence-electron chi connectivity index (χ4n) is 9.19. The van der Waals surface area contributed by atoms with Crippen LogP contribution in [0.1, 0.15) is 157 Å². The molecule has 0 radical (unpaired) electrons. The van der Waals surface area contributed by atoms with Crippen LogP contribution >= 0.6 is 0 Å². The molecule has 0 bridgehead atoms. The van der Waals surface area contributed by atoms with E-state index >= 15 is 0 Å². The smallest absolute Gasteiger partial charge is 0.408 e. The Morgan fingerprint density at radius 2 is 1.01 bits per heavy atom. The van der Waals surface area contributed by atoms with Crippen molar-refractivity contribution in [2.24, 2.45) is 0 Å². The zero-order valence-corrected chi connectivity index (χ0v) is 50.9. The molecule has 2 aromatic carbocycles. The van der Waals surface area contributed by atoms with Crippen molar-refractivity contribution in [1.82, 2.24) is 26.6 Å². The quantitative estimate of drug-likeness (QED) is 0.0508. The van der Waals surface area contributed by atoms with Crippen molar-refractivity contribution in [3.8, 4) is 0 Å². The van der Waals surface area contributed by atoms with Crippen molar-refractivity contribution < 1.29 is 90.5 Å². The van der Waals surface area contributed by atoms with E-state index in [2.05, 4.69) is 26.6 Å². The molecule has 24 heteroatoms. The molecule has 13 atom stereocenters. The number of amides is 5. The maximum absolute atomic E-state index is 14.9. The number of hydrogen-bond donors (Lipinski definition) is 5. The lowest BCUT2D eigenvalue weighted by atomic mass is 9.82. The molecule has 5 N–H and O–H groups in total. The molecule has 5 amide bonds. The lowest BCUT2D eigenvalue weighted by Crippen LogP contribution is -2.70. The first-order valence-electron chi connectivity index (χ1n) is 28.4. The molecule has 1 saturated carbocycles. The second-order valence-corrected chi connectivity index (χ2v) is 24.7. The number of alkyl carbamates (subject to hydrolysis) is 4. The highest BCUT2D eigenvalue weighted by molar-refractivity contribution is 5.92.